The average Bonchev–Trinajstić information content (AvgIpc) is 2.66. The van der Waals surface area contributed by atoms with Gasteiger partial charge in [-0.25, -0.2) is 8.42 Å². The van der Waals surface area contributed by atoms with Crippen molar-refractivity contribution in [2.75, 3.05) is 25.4 Å². The molecule has 0 spiro atoms. The standard InChI is InChI=1S/C20H30N4O5S/c1-15(2)12-20(19(21)27,13-16-6-4-3-5-7-16)23-17(25)8-11-30(28,29)24-10-9-22-18(26)14-24/h3-7,15H,8-14H2,1-2H3,(H2,21,27)(H,22,26)(H,23,25)/t20-/m0/s1. The van der Waals surface area contributed by atoms with Crippen LogP contribution in [0.25, 0.3) is 0 Å². The van der Waals surface area contributed by atoms with Gasteiger partial charge in [0.15, 0.2) is 0 Å². The first-order valence-corrected chi connectivity index (χ1v) is 11.5. The van der Waals surface area contributed by atoms with Crippen molar-refractivity contribution in [1.82, 2.24) is 14.9 Å². The summed E-state index contributed by atoms with van der Waals surface area (Å²) in [6, 6.07) is 9.20. The van der Waals surface area contributed by atoms with E-state index < -0.39 is 33.1 Å². The lowest BCUT2D eigenvalue weighted by Crippen LogP contribution is -2.60. The van der Waals surface area contributed by atoms with Crippen molar-refractivity contribution in [1.29, 1.82) is 0 Å². The van der Waals surface area contributed by atoms with Gasteiger partial charge in [0.1, 0.15) is 5.54 Å². The maximum absolute atomic E-state index is 12.6. The van der Waals surface area contributed by atoms with Gasteiger partial charge in [0.2, 0.25) is 27.7 Å². The molecule has 0 unspecified atom stereocenters. The molecular formula is C20H30N4O5S. The van der Waals surface area contributed by atoms with Gasteiger partial charge in [0, 0.05) is 25.9 Å². The number of nitrogens with two attached hydrogens (primary N) is 1. The molecule has 0 bridgehead atoms. The molecule has 1 saturated heterocycles. The molecule has 0 radical (unpaired) electrons. The van der Waals surface area contributed by atoms with Crippen LogP contribution in [0.15, 0.2) is 30.3 Å². The largest absolute Gasteiger partial charge is 0.368 e. The number of amides is 3. The van der Waals surface area contributed by atoms with E-state index in [1.165, 1.54) is 0 Å². The van der Waals surface area contributed by atoms with Gasteiger partial charge < -0.3 is 16.4 Å². The topological polar surface area (TPSA) is 139 Å². The number of primary amides is 1. The maximum atomic E-state index is 12.6. The van der Waals surface area contributed by atoms with Gasteiger partial charge in [-0.05, 0) is 17.9 Å². The lowest BCUT2D eigenvalue weighted by molar-refractivity contribution is -0.132. The molecule has 0 saturated carbocycles. The van der Waals surface area contributed by atoms with Crippen LogP contribution in [-0.4, -0.2) is 61.4 Å². The summed E-state index contributed by atoms with van der Waals surface area (Å²) in [4.78, 5) is 36.5. The third kappa shape index (κ3) is 6.53. The Hall–Kier alpha value is -2.46. The van der Waals surface area contributed by atoms with Crippen molar-refractivity contribution in [2.45, 2.75) is 38.6 Å². The Bertz CT molecular complexity index is 872. The van der Waals surface area contributed by atoms with E-state index in [0.29, 0.717) is 6.42 Å². The summed E-state index contributed by atoms with van der Waals surface area (Å²) in [6.45, 7) is 3.99. The van der Waals surface area contributed by atoms with E-state index in [4.69, 9.17) is 5.73 Å². The number of hydrogen-bond acceptors (Lipinski definition) is 5. The number of benzene rings is 1. The molecule has 166 valence electrons. The molecule has 1 aliphatic rings. The summed E-state index contributed by atoms with van der Waals surface area (Å²) >= 11 is 0. The third-order valence-corrected chi connectivity index (χ3v) is 6.76. The molecule has 1 aromatic rings. The van der Waals surface area contributed by atoms with Gasteiger partial charge in [-0.3, -0.25) is 14.4 Å². The first kappa shape index (κ1) is 23.8. The van der Waals surface area contributed by atoms with E-state index in [-0.39, 0.29) is 44.3 Å². The normalized spacial score (nSPS) is 17.2. The second-order valence-electron chi connectivity index (χ2n) is 8.00. The Labute approximate surface area is 177 Å². The molecule has 1 aliphatic heterocycles. The van der Waals surface area contributed by atoms with E-state index >= 15 is 0 Å². The van der Waals surface area contributed by atoms with Crippen LogP contribution < -0.4 is 16.4 Å². The highest BCUT2D eigenvalue weighted by Gasteiger charge is 2.39. The number of rotatable bonds is 10. The van der Waals surface area contributed by atoms with E-state index in [1.807, 2.05) is 44.2 Å². The number of sulfonamides is 1. The summed E-state index contributed by atoms with van der Waals surface area (Å²) < 4.78 is 26.0. The van der Waals surface area contributed by atoms with Crippen molar-refractivity contribution < 1.29 is 22.8 Å². The van der Waals surface area contributed by atoms with Crippen molar-refractivity contribution >= 4 is 27.7 Å². The summed E-state index contributed by atoms with van der Waals surface area (Å²) in [5.74, 6) is -1.99. The van der Waals surface area contributed by atoms with Crippen molar-refractivity contribution in [3.63, 3.8) is 0 Å². The number of piperazine rings is 1. The van der Waals surface area contributed by atoms with Crippen LogP contribution in [0.1, 0.15) is 32.3 Å². The molecule has 10 heteroatoms. The van der Waals surface area contributed by atoms with Crippen LogP contribution in [0.4, 0.5) is 0 Å². The van der Waals surface area contributed by atoms with Crippen molar-refractivity contribution in [2.24, 2.45) is 11.7 Å². The lowest BCUT2D eigenvalue weighted by Gasteiger charge is -2.34. The first-order chi connectivity index (χ1) is 14.0. The Morgan fingerprint density at radius 3 is 2.50 bits per heavy atom. The van der Waals surface area contributed by atoms with Crippen molar-refractivity contribution in [3.05, 3.63) is 35.9 Å². The molecule has 2 rings (SSSR count). The number of carbonyl (C=O) groups is 3. The Balaban J connectivity index is 2.11. The number of nitrogens with zero attached hydrogens (tertiary/aromatic N) is 1. The summed E-state index contributed by atoms with van der Waals surface area (Å²) in [7, 11) is -3.77. The Morgan fingerprint density at radius 1 is 1.27 bits per heavy atom. The maximum Gasteiger partial charge on any atom is 0.243 e. The van der Waals surface area contributed by atoms with Gasteiger partial charge in [-0.1, -0.05) is 44.2 Å². The second kappa shape index (κ2) is 10.0. The molecule has 4 N–H and O–H groups in total. The van der Waals surface area contributed by atoms with Gasteiger partial charge >= 0.3 is 0 Å². The van der Waals surface area contributed by atoms with Crippen LogP contribution in [0.3, 0.4) is 0 Å². The average molecular weight is 439 g/mol. The Kier molecular flexibility index (Phi) is 7.96. The fraction of sp³-hybridized carbons (Fsp3) is 0.550. The minimum atomic E-state index is -3.77. The molecule has 0 aromatic heterocycles. The second-order valence-corrected chi connectivity index (χ2v) is 10.1. The lowest BCUT2D eigenvalue weighted by atomic mass is 9.82. The van der Waals surface area contributed by atoms with E-state index in [1.54, 1.807) is 0 Å². The molecule has 1 aromatic carbocycles. The predicted octanol–water partition coefficient (Wildman–Crippen LogP) is -0.233. The molecular weight excluding hydrogens is 408 g/mol. The summed E-state index contributed by atoms with van der Waals surface area (Å²) in [6.07, 6.45) is 0.205. The van der Waals surface area contributed by atoms with Gasteiger partial charge in [0.05, 0.1) is 12.3 Å². The fourth-order valence-electron chi connectivity index (χ4n) is 3.59. The number of nitrogens with one attached hydrogen (secondary N) is 2. The highest BCUT2D eigenvalue weighted by molar-refractivity contribution is 7.89. The Morgan fingerprint density at radius 2 is 1.93 bits per heavy atom. The third-order valence-electron chi connectivity index (χ3n) is 4.94. The smallest absolute Gasteiger partial charge is 0.243 e. The molecule has 1 atom stereocenters. The first-order valence-electron chi connectivity index (χ1n) is 9.93. The monoisotopic (exact) mass is 438 g/mol. The molecule has 1 fully saturated rings. The van der Waals surface area contributed by atoms with E-state index in [9.17, 15) is 22.8 Å². The zero-order valence-corrected chi connectivity index (χ0v) is 18.2. The summed E-state index contributed by atoms with van der Waals surface area (Å²) in [5, 5.41) is 5.28. The van der Waals surface area contributed by atoms with Gasteiger partial charge in [-0.2, -0.15) is 4.31 Å². The predicted molar refractivity (Wildman–Crippen MR) is 113 cm³/mol. The van der Waals surface area contributed by atoms with Crippen molar-refractivity contribution in [3.8, 4) is 0 Å². The van der Waals surface area contributed by atoms with E-state index in [0.717, 1.165) is 9.87 Å². The SMILES string of the molecule is CC(C)C[C@@](Cc1ccccc1)(NC(=O)CCS(=O)(=O)N1CCNC(=O)C1)C(N)=O. The quantitative estimate of drug-likeness (QED) is 0.463. The van der Waals surface area contributed by atoms with Crippen LogP contribution in [0, 0.1) is 5.92 Å². The highest BCUT2D eigenvalue weighted by atomic mass is 32.2. The summed E-state index contributed by atoms with van der Waals surface area (Å²) in [5.41, 5.74) is 5.22. The molecule has 0 aliphatic carbocycles. The minimum absolute atomic E-state index is 0.0668. The zero-order valence-electron chi connectivity index (χ0n) is 17.4. The number of carbonyl (C=O) groups excluding carboxylic acids is 3. The molecule has 9 nitrogen and oxygen atoms in total. The minimum Gasteiger partial charge on any atom is -0.368 e. The zero-order chi connectivity index (χ0) is 22.4. The van der Waals surface area contributed by atoms with Gasteiger partial charge in [-0.15, -0.1) is 0 Å². The van der Waals surface area contributed by atoms with Crippen LogP contribution in [0.2, 0.25) is 0 Å². The fourth-order valence-corrected chi connectivity index (χ4v) is 4.98. The molecule has 3 amide bonds. The van der Waals surface area contributed by atoms with Gasteiger partial charge in [0.25, 0.3) is 0 Å². The van der Waals surface area contributed by atoms with E-state index in [2.05, 4.69) is 10.6 Å². The highest BCUT2D eigenvalue weighted by Crippen LogP contribution is 2.23. The molecule has 30 heavy (non-hydrogen) atoms. The van der Waals surface area contributed by atoms with Crippen LogP contribution >= 0.6 is 0 Å². The van der Waals surface area contributed by atoms with Crippen LogP contribution in [0.5, 0.6) is 0 Å². The van der Waals surface area contributed by atoms with Crippen LogP contribution in [-0.2, 0) is 30.8 Å². The number of hydrogen-bond donors (Lipinski definition) is 3. The molecule has 1 heterocycles.